The summed E-state index contributed by atoms with van der Waals surface area (Å²) in [6.07, 6.45) is 2.66. The zero-order valence-electron chi connectivity index (χ0n) is 10.3. The second kappa shape index (κ2) is 12.7. The second-order valence-corrected chi connectivity index (χ2v) is 2.65. The van der Waals surface area contributed by atoms with Crippen LogP contribution in [0.15, 0.2) is 6.20 Å². The fourth-order valence-electron chi connectivity index (χ4n) is 0.951. The van der Waals surface area contributed by atoms with Crippen molar-refractivity contribution < 1.29 is 28.4 Å². The molecule has 1 rings (SSSR count). The molecule has 1 heterocycles. The molecule has 93 valence electrons. The van der Waals surface area contributed by atoms with Gasteiger partial charge in [-0.1, -0.05) is 19.1 Å². The van der Waals surface area contributed by atoms with E-state index in [9.17, 15) is 0 Å². The second-order valence-electron chi connectivity index (χ2n) is 2.65. The van der Waals surface area contributed by atoms with Gasteiger partial charge in [0.05, 0.1) is 25.5 Å². The third-order valence-electron chi connectivity index (χ3n) is 1.65. The molecule has 0 saturated carbocycles. The monoisotopic (exact) mass is 266 g/mol. The molecule has 0 aliphatic rings. The predicted octanol–water partition coefficient (Wildman–Crippen LogP) is 0.873. The van der Waals surface area contributed by atoms with Crippen LogP contribution >= 0.6 is 0 Å². The molecule has 0 saturated heterocycles. The first-order chi connectivity index (χ1) is 7.36. The summed E-state index contributed by atoms with van der Waals surface area (Å²) in [5.74, 6) is 0. The van der Waals surface area contributed by atoms with Crippen molar-refractivity contribution in [3.8, 4) is 0 Å². The van der Waals surface area contributed by atoms with E-state index in [2.05, 4.69) is 10.3 Å². The van der Waals surface area contributed by atoms with Crippen molar-refractivity contribution in [2.45, 2.75) is 33.7 Å². The normalized spacial score (nSPS) is 9.00. The molecule has 0 bridgehead atoms. The molecule has 1 aromatic heterocycles. The molecule has 0 aromatic carbocycles. The Morgan fingerprint density at radius 1 is 1.38 bits per heavy atom. The zero-order chi connectivity index (χ0) is 11.5. The third kappa shape index (κ3) is 7.87. The number of ether oxygens (including phenoxy) is 1. The van der Waals surface area contributed by atoms with Crippen molar-refractivity contribution in [1.29, 1.82) is 0 Å². The quantitative estimate of drug-likeness (QED) is 0.776. The standard InChI is InChI=1S/C8H15N3O2.C2H6.V/c1-2-11-7-8(9-10-11)3-5-13-6-4-12;1-2;/h7,12H,2-6H2,1H3;1-2H3;. The van der Waals surface area contributed by atoms with Crippen molar-refractivity contribution in [3.05, 3.63) is 11.9 Å². The van der Waals surface area contributed by atoms with E-state index in [-0.39, 0.29) is 25.2 Å². The number of rotatable bonds is 6. The first-order valence-corrected chi connectivity index (χ1v) is 5.44. The van der Waals surface area contributed by atoms with Crippen molar-refractivity contribution in [3.63, 3.8) is 0 Å². The third-order valence-corrected chi connectivity index (χ3v) is 1.65. The minimum Gasteiger partial charge on any atom is -0.394 e. The first kappa shape index (κ1) is 18.0. The van der Waals surface area contributed by atoms with Gasteiger partial charge >= 0.3 is 0 Å². The van der Waals surface area contributed by atoms with Gasteiger partial charge in [0.25, 0.3) is 0 Å². The molecule has 0 unspecified atom stereocenters. The Hall–Kier alpha value is -0.356. The maximum absolute atomic E-state index is 8.45. The molecule has 0 atom stereocenters. The SMILES string of the molecule is CC.CCn1cc(CCOCCO)nn1.[V]. The molecule has 5 nitrogen and oxygen atoms in total. The topological polar surface area (TPSA) is 60.2 Å². The molecule has 0 aliphatic carbocycles. The van der Waals surface area contributed by atoms with Crippen LogP contribution in [0.3, 0.4) is 0 Å². The summed E-state index contributed by atoms with van der Waals surface area (Å²) >= 11 is 0. The van der Waals surface area contributed by atoms with Crippen LogP contribution in [0, 0.1) is 0 Å². The number of aromatic nitrogens is 3. The van der Waals surface area contributed by atoms with E-state index in [1.54, 1.807) is 4.68 Å². The average Bonchev–Trinajstić information content (AvgIpc) is 2.75. The van der Waals surface area contributed by atoms with Gasteiger partial charge in [0.15, 0.2) is 0 Å². The van der Waals surface area contributed by atoms with Crippen LogP contribution in [0.4, 0.5) is 0 Å². The minimum atomic E-state index is 0. The summed E-state index contributed by atoms with van der Waals surface area (Å²) < 4.78 is 6.88. The summed E-state index contributed by atoms with van der Waals surface area (Å²) in [6, 6.07) is 0. The van der Waals surface area contributed by atoms with Gasteiger partial charge in [0, 0.05) is 37.7 Å². The Kier molecular flexibility index (Phi) is 14.3. The molecule has 6 heteroatoms. The van der Waals surface area contributed by atoms with Crippen LogP contribution in [0.1, 0.15) is 26.5 Å². The Morgan fingerprint density at radius 2 is 2.06 bits per heavy atom. The molecule has 0 fully saturated rings. The van der Waals surface area contributed by atoms with E-state index >= 15 is 0 Å². The Bertz CT molecular complexity index is 244. The number of aryl methyl sites for hydroxylation is 1. The molecule has 1 aromatic rings. The predicted molar refractivity (Wildman–Crippen MR) is 58.7 cm³/mol. The molecular formula is C10H21N3O2V. The van der Waals surface area contributed by atoms with Crippen molar-refractivity contribution >= 4 is 0 Å². The van der Waals surface area contributed by atoms with Gasteiger partial charge in [-0.05, 0) is 6.92 Å². The molecule has 0 spiro atoms. The zero-order valence-corrected chi connectivity index (χ0v) is 11.7. The molecule has 1 N–H and O–H groups in total. The number of nitrogens with zero attached hydrogens (tertiary/aromatic N) is 3. The first-order valence-electron chi connectivity index (χ1n) is 5.44. The summed E-state index contributed by atoms with van der Waals surface area (Å²) in [5.41, 5.74) is 0.930. The van der Waals surface area contributed by atoms with Crippen LogP contribution in [0.25, 0.3) is 0 Å². The van der Waals surface area contributed by atoms with E-state index < -0.39 is 0 Å². The van der Waals surface area contributed by atoms with Gasteiger partial charge in [0.1, 0.15) is 0 Å². The van der Waals surface area contributed by atoms with Crippen molar-refractivity contribution in [1.82, 2.24) is 15.0 Å². The summed E-state index contributed by atoms with van der Waals surface area (Å²) in [6.45, 7) is 7.90. The van der Waals surface area contributed by atoms with Crippen LogP contribution in [0.5, 0.6) is 0 Å². The van der Waals surface area contributed by atoms with Crippen LogP contribution < -0.4 is 0 Å². The van der Waals surface area contributed by atoms with Crippen LogP contribution in [-0.2, 0) is 36.3 Å². The summed E-state index contributed by atoms with van der Waals surface area (Å²) in [7, 11) is 0. The molecule has 0 amide bonds. The Labute approximate surface area is 109 Å². The fraction of sp³-hybridized carbons (Fsp3) is 0.800. The van der Waals surface area contributed by atoms with Crippen LogP contribution in [0.2, 0.25) is 0 Å². The van der Waals surface area contributed by atoms with Gasteiger partial charge in [0.2, 0.25) is 0 Å². The van der Waals surface area contributed by atoms with E-state index in [0.717, 1.165) is 18.7 Å². The smallest absolute Gasteiger partial charge is 0.0850 e. The minimum absolute atomic E-state index is 0. The van der Waals surface area contributed by atoms with Crippen LogP contribution in [-0.4, -0.2) is 39.9 Å². The number of hydrogen-bond acceptors (Lipinski definition) is 4. The molecule has 0 aliphatic heterocycles. The van der Waals surface area contributed by atoms with E-state index in [4.69, 9.17) is 9.84 Å². The number of hydrogen-bond donors (Lipinski definition) is 1. The van der Waals surface area contributed by atoms with E-state index in [1.165, 1.54) is 0 Å². The number of aliphatic hydroxyl groups excluding tert-OH is 1. The van der Waals surface area contributed by atoms with Gasteiger partial charge < -0.3 is 9.84 Å². The maximum atomic E-state index is 8.45. The summed E-state index contributed by atoms with van der Waals surface area (Å²) in [5, 5.41) is 16.3. The van der Waals surface area contributed by atoms with E-state index in [0.29, 0.717) is 13.2 Å². The van der Waals surface area contributed by atoms with Gasteiger partial charge in [-0.2, -0.15) is 0 Å². The Morgan fingerprint density at radius 3 is 2.56 bits per heavy atom. The maximum Gasteiger partial charge on any atom is 0.0850 e. The molecular weight excluding hydrogens is 245 g/mol. The molecule has 16 heavy (non-hydrogen) atoms. The van der Waals surface area contributed by atoms with E-state index in [1.807, 2.05) is 27.0 Å². The Balaban J connectivity index is 0. The van der Waals surface area contributed by atoms with Crippen molar-refractivity contribution in [2.75, 3.05) is 19.8 Å². The van der Waals surface area contributed by atoms with Crippen molar-refractivity contribution in [2.24, 2.45) is 0 Å². The van der Waals surface area contributed by atoms with Gasteiger partial charge in [-0.25, -0.2) is 0 Å². The van der Waals surface area contributed by atoms with Gasteiger partial charge in [-0.3, -0.25) is 4.68 Å². The number of aliphatic hydroxyl groups is 1. The fourth-order valence-corrected chi connectivity index (χ4v) is 0.951. The largest absolute Gasteiger partial charge is 0.394 e. The van der Waals surface area contributed by atoms with Gasteiger partial charge in [-0.15, -0.1) is 5.10 Å². The molecule has 1 radical (unpaired) electrons. The average molecular weight is 266 g/mol. The summed E-state index contributed by atoms with van der Waals surface area (Å²) in [4.78, 5) is 0.